The first-order valence-electron chi connectivity index (χ1n) is 6.03. The lowest BCUT2D eigenvalue weighted by atomic mass is 10.0. The van der Waals surface area contributed by atoms with Gasteiger partial charge in [0.2, 0.25) is 0 Å². The third-order valence-corrected chi connectivity index (χ3v) is 3.46. The lowest BCUT2D eigenvalue weighted by Crippen LogP contribution is -2.11. The fraction of sp³-hybridized carbons (Fsp3) is 0.0667. The van der Waals surface area contributed by atoms with Gasteiger partial charge in [-0.3, -0.25) is 5.32 Å². The quantitative estimate of drug-likeness (QED) is 0.659. The Bertz CT molecular complexity index is 699. The third kappa shape index (κ3) is 3.74. The largest absolute Gasteiger partial charge is 0.465 e. The second-order valence-corrected chi connectivity index (χ2v) is 5.02. The van der Waals surface area contributed by atoms with Crippen molar-refractivity contribution in [3.63, 3.8) is 0 Å². The number of halogens is 1. The summed E-state index contributed by atoms with van der Waals surface area (Å²) in [6.45, 7) is 0. The Hall–Kier alpha value is -2.52. The Kier molecular flexibility index (Phi) is 4.80. The van der Waals surface area contributed by atoms with Crippen LogP contribution in [0.1, 0.15) is 11.1 Å². The second kappa shape index (κ2) is 6.77. The molecule has 0 saturated carbocycles. The van der Waals surface area contributed by atoms with Crippen molar-refractivity contribution >= 4 is 23.5 Å². The molecular formula is C15H11FN2O2S. The average molecular weight is 302 g/mol. The van der Waals surface area contributed by atoms with Crippen LogP contribution in [0.25, 0.3) is 0 Å². The number of thioether (sulfide) groups is 1. The lowest BCUT2D eigenvalue weighted by molar-refractivity contribution is 0.209. The normalized spacial score (nSPS) is 9.90. The number of amides is 1. The van der Waals surface area contributed by atoms with Gasteiger partial charge in [-0.25, -0.2) is 9.18 Å². The molecule has 0 aliphatic carbocycles. The topological polar surface area (TPSA) is 73.1 Å². The van der Waals surface area contributed by atoms with Crippen LogP contribution in [0, 0.1) is 16.5 Å². The standard InChI is InChI=1S/C15H11FN2O2S/c16-14-11(8-10-4-2-1-3-5-10)12(18-15(19)20)6-7-13(14)21-9-17/h1-7,18H,8H2,(H,19,20). The SMILES string of the molecule is N#CSc1ccc(NC(=O)O)c(Cc2ccccc2)c1F. The van der Waals surface area contributed by atoms with Crippen molar-refractivity contribution in [1.82, 2.24) is 0 Å². The number of hydrogen-bond donors (Lipinski definition) is 2. The number of hydrogen-bond acceptors (Lipinski definition) is 3. The maximum Gasteiger partial charge on any atom is 0.409 e. The Morgan fingerprint density at radius 2 is 2.00 bits per heavy atom. The minimum atomic E-state index is -1.26. The highest BCUT2D eigenvalue weighted by molar-refractivity contribution is 8.03. The van der Waals surface area contributed by atoms with Crippen LogP contribution in [-0.2, 0) is 6.42 Å². The van der Waals surface area contributed by atoms with Crippen LogP contribution in [0.2, 0.25) is 0 Å². The summed E-state index contributed by atoms with van der Waals surface area (Å²) in [6, 6.07) is 12.0. The number of nitrogens with one attached hydrogen (secondary N) is 1. The predicted molar refractivity (Wildman–Crippen MR) is 78.8 cm³/mol. The molecule has 0 fully saturated rings. The molecule has 0 atom stereocenters. The summed E-state index contributed by atoms with van der Waals surface area (Å²) in [5.41, 5.74) is 1.26. The zero-order valence-corrected chi connectivity index (χ0v) is 11.7. The molecule has 2 aromatic rings. The Morgan fingerprint density at radius 1 is 1.29 bits per heavy atom. The van der Waals surface area contributed by atoms with Crippen molar-refractivity contribution in [3.8, 4) is 5.40 Å². The molecule has 0 bridgehead atoms. The molecule has 106 valence electrons. The molecule has 0 unspecified atom stereocenters. The van der Waals surface area contributed by atoms with Crippen molar-refractivity contribution in [2.75, 3.05) is 5.32 Å². The van der Waals surface area contributed by atoms with E-state index in [4.69, 9.17) is 10.4 Å². The number of carboxylic acid groups (broad SMARTS) is 1. The predicted octanol–water partition coefficient (Wildman–Crippen LogP) is 4.08. The highest BCUT2D eigenvalue weighted by Crippen LogP contribution is 2.30. The van der Waals surface area contributed by atoms with E-state index >= 15 is 0 Å². The van der Waals surface area contributed by atoms with Gasteiger partial charge in [-0.1, -0.05) is 30.3 Å². The lowest BCUT2D eigenvalue weighted by Gasteiger charge is -2.12. The van der Waals surface area contributed by atoms with Crippen LogP contribution in [0.4, 0.5) is 14.9 Å². The van der Waals surface area contributed by atoms with Gasteiger partial charge in [-0.05, 0) is 29.5 Å². The zero-order chi connectivity index (χ0) is 15.2. The van der Waals surface area contributed by atoms with Crippen LogP contribution in [-0.4, -0.2) is 11.2 Å². The number of benzene rings is 2. The van der Waals surface area contributed by atoms with Gasteiger partial charge in [-0.15, -0.1) is 0 Å². The summed E-state index contributed by atoms with van der Waals surface area (Å²) in [4.78, 5) is 11.0. The van der Waals surface area contributed by atoms with Crippen molar-refractivity contribution in [2.24, 2.45) is 0 Å². The monoisotopic (exact) mass is 302 g/mol. The van der Waals surface area contributed by atoms with Gasteiger partial charge in [0.05, 0.1) is 10.6 Å². The summed E-state index contributed by atoms with van der Waals surface area (Å²) in [5.74, 6) is -0.573. The molecule has 2 aromatic carbocycles. The minimum Gasteiger partial charge on any atom is -0.465 e. The third-order valence-electron chi connectivity index (χ3n) is 2.83. The molecule has 0 aliphatic heterocycles. The van der Waals surface area contributed by atoms with E-state index in [0.717, 1.165) is 5.56 Å². The van der Waals surface area contributed by atoms with Gasteiger partial charge in [0, 0.05) is 12.0 Å². The van der Waals surface area contributed by atoms with E-state index in [2.05, 4.69) is 5.32 Å². The number of rotatable bonds is 4. The molecule has 2 N–H and O–H groups in total. The molecule has 0 saturated heterocycles. The minimum absolute atomic E-state index is 0.180. The molecule has 0 heterocycles. The summed E-state index contributed by atoms with van der Waals surface area (Å²) in [6.07, 6.45) is -1.02. The van der Waals surface area contributed by atoms with E-state index in [1.165, 1.54) is 12.1 Å². The Morgan fingerprint density at radius 3 is 2.62 bits per heavy atom. The molecule has 1 amide bonds. The molecule has 4 nitrogen and oxygen atoms in total. The first-order valence-corrected chi connectivity index (χ1v) is 6.84. The van der Waals surface area contributed by atoms with Crippen molar-refractivity contribution < 1.29 is 14.3 Å². The van der Waals surface area contributed by atoms with E-state index in [1.54, 1.807) is 0 Å². The van der Waals surface area contributed by atoms with Crippen LogP contribution < -0.4 is 5.32 Å². The summed E-state index contributed by atoms with van der Waals surface area (Å²) < 4.78 is 14.5. The molecule has 0 aromatic heterocycles. The number of anilines is 1. The van der Waals surface area contributed by atoms with E-state index in [-0.39, 0.29) is 22.6 Å². The van der Waals surface area contributed by atoms with Crippen molar-refractivity contribution in [1.29, 1.82) is 5.26 Å². The van der Waals surface area contributed by atoms with E-state index in [9.17, 15) is 9.18 Å². The van der Waals surface area contributed by atoms with Gasteiger partial charge in [0.15, 0.2) is 0 Å². The van der Waals surface area contributed by atoms with Gasteiger partial charge in [-0.2, -0.15) is 5.26 Å². The fourth-order valence-electron chi connectivity index (χ4n) is 1.93. The average Bonchev–Trinajstić information content (AvgIpc) is 2.46. The van der Waals surface area contributed by atoms with Crippen LogP contribution in [0.3, 0.4) is 0 Å². The molecule has 0 spiro atoms. The van der Waals surface area contributed by atoms with Crippen molar-refractivity contribution in [3.05, 3.63) is 59.4 Å². The number of carbonyl (C=O) groups is 1. The summed E-state index contributed by atoms with van der Waals surface area (Å²) in [7, 11) is 0. The van der Waals surface area contributed by atoms with E-state index in [1.807, 2.05) is 35.7 Å². The molecule has 0 aliphatic rings. The van der Waals surface area contributed by atoms with Crippen molar-refractivity contribution in [2.45, 2.75) is 11.3 Å². The van der Waals surface area contributed by atoms with Gasteiger partial charge < -0.3 is 5.11 Å². The first-order chi connectivity index (χ1) is 10.1. The van der Waals surface area contributed by atoms with E-state index < -0.39 is 11.9 Å². The molecule has 6 heteroatoms. The molecule has 21 heavy (non-hydrogen) atoms. The summed E-state index contributed by atoms with van der Waals surface area (Å²) >= 11 is 0.710. The zero-order valence-electron chi connectivity index (χ0n) is 10.8. The maximum absolute atomic E-state index is 14.5. The van der Waals surface area contributed by atoms with Gasteiger partial charge >= 0.3 is 6.09 Å². The Labute approximate surface area is 125 Å². The van der Waals surface area contributed by atoms with Gasteiger partial charge in [0.1, 0.15) is 11.2 Å². The van der Waals surface area contributed by atoms with Gasteiger partial charge in [0.25, 0.3) is 0 Å². The molecule has 2 rings (SSSR count). The fourth-order valence-corrected chi connectivity index (χ4v) is 2.38. The Balaban J connectivity index is 2.45. The van der Waals surface area contributed by atoms with Crippen LogP contribution in [0.15, 0.2) is 47.4 Å². The number of nitriles is 1. The smallest absolute Gasteiger partial charge is 0.409 e. The van der Waals surface area contributed by atoms with E-state index in [0.29, 0.717) is 11.8 Å². The second-order valence-electron chi connectivity index (χ2n) is 4.19. The molecular weight excluding hydrogens is 291 g/mol. The summed E-state index contributed by atoms with van der Waals surface area (Å²) in [5, 5.41) is 21.5. The maximum atomic E-state index is 14.5. The first kappa shape index (κ1) is 14.9. The highest BCUT2D eigenvalue weighted by atomic mass is 32.2. The molecule has 0 radical (unpaired) electrons. The number of thiocyanates is 1. The highest BCUT2D eigenvalue weighted by Gasteiger charge is 2.16. The van der Waals surface area contributed by atoms with Crippen LogP contribution >= 0.6 is 11.8 Å². The van der Waals surface area contributed by atoms with Crippen LogP contribution in [0.5, 0.6) is 0 Å². The number of nitrogens with zero attached hydrogens (tertiary/aromatic N) is 1.